The third kappa shape index (κ3) is 2.79. The first-order valence-electron chi connectivity index (χ1n) is 4.80. The lowest BCUT2D eigenvalue weighted by Crippen LogP contribution is -2.32. The number of ether oxygens (including phenoxy) is 1. The van der Waals surface area contributed by atoms with Gasteiger partial charge >= 0.3 is 0 Å². The van der Waals surface area contributed by atoms with Crippen LogP contribution in [0.25, 0.3) is 0 Å². The van der Waals surface area contributed by atoms with Crippen LogP contribution in [-0.4, -0.2) is 19.2 Å². The Hall–Kier alpha value is -0.380. The molecule has 0 saturated carbocycles. The number of hydrogen-bond acceptors (Lipinski definition) is 3. The molecule has 0 atom stereocenters. The van der Waals surface area contributed by atoms with E-state index in [2.05, 4.69) is 22.8 Å². The van der Waals surface area contributed by atoms with Gasteiger partial charge in [-0.1, -0.05) is 6.07 Å². The van der Waals surface area contributed by atoms with Gasteiger partial charge in [0.05, 0.1) is 12.7 Å². The Kier molecular flexibility index (Phi) is 3.35. The summed E-state index contributed by atoms with van der Waals surface area (Å²) in [5, 5.41) is 5.43. The van der Waals surface area contributed by atoms with E-state index in [1.807, 2.05) is 0 Å². The first kappa shape index (κ1) is 9.19. The molecule has 0 aliphatic carbocycles. The van der Waals surface area contributed by atoms with Crippen molar-refractivity contribution in [1.29, 1.82) is 0 Å². The molecule has 0 aromatic carbocycles. The highest BCUT2D eigenvalue weighted by Crippen LogP contribution is 2.14. The predicted molar refractivity (Wildman–Crippen MR) is 55.0 cm³/mol. The molecule has 2 nitrogen and oxygen atoms in total. The molecule has 1 aromatic rings. The number of hydrogen-bond donors (Lipinski definition) is 1. The summed E-state index contributed by atoms with van der Waals surface area (Å²) in [6.45, 7) is 3.01. The smallest absolute Gasteiger partial charge is 0.0813 e. The van der Waals surface area contributed by atoms with E-state index < -0.39 is 0 Å². The van der Waals surface area contributed by atoms with Gasteiger partial charge in [0.25, 0.3) is 0 Å². The highest BCUT2D eigenvalue weighted by Gasteiger charge is 2.12. The second-order valence-corrected chi connectivity index (χ2v) is 4.37. The number of piperidine rings is 1. The maximum absolute atomic E-state index is 5.80. The number of rotatable bonds is 3. The Labute approximate surface area is 82.9 Å². The maximum atomic E-state index is 5.80. The van der Waals surface area contributed by atoms with E-state index in [-0.39, 0.29) is 0 Å². The minimum atomic E-state index is 0.475. The lowest BCUT2D eigenvalue weighted by molar-refractivity contribution is 0.0226. The summed E-state index contributed by atoms with van der Waals surface area (Å²) in [6.07, 6.45) is 2.79. The zero-order valence-electron chi connectivity index (χ0n) is 7.66. The van der Waals surface area contributed by atoms with Crippen molar-refractivity contribution in [2.24, 2.45) is 0 Å². The molecule has 0 spiro atoms. The quantitative estimate of drug-likeness (QED) is 0.800. The van der Waals surface area contributed by atoms with Crippen LogP contribution in [0.5, 0.6) is 0 Å². The third-order valence-electron chi connectivity index (χ3n) is 2.33. The van der Waals surface area contributed by atoms with E-state index in [1.165, 1.54) is 4.88 Å². The summed E-state index contributed by atoms with van der Waals surface area (Å²) in [6, 6.07) is 4.21. The average Bonchev–Trinajstić information content (AvgIpc) is 2.69. The third-order valence-corrected chi connectivity index (χ3v) is 3.18. The van der Waals surface area contributed by atoms with E-state index in [1.54, 1.807) is 11.3 Å². The summed E-state index contributed by atoms with van der Waals surface area (Å²) in [4.78, 5) is 1.33. The van der Waals surface area contributed by atoms with E-state index in [0.29, 0.717) is 6.10 Å². The van der Waals surface area contributed by atoms with E-state index in [4.69, 9.17) is 4.74 Å². The van der Waals surface area contributed by atoms with Crippen LogP contribution in [0.2, 0.25) is 0 Å². The molecule has 0 bridgehead atoms. The molecule has 72 valence electrons. The number of thiophene rings is 1. The molecule has 2 heterocycles. The molecule has 2 rings (SSSR count). The minimum Gasteiger partial charge on any atom is -0.373 e. The fraction of sp³-hybridized carbons (Fsp3) is 0.600. The SMILES string of the molecule is c1csc(COC2CCNCC2)c1. The fourth-order valence-corrected chi connectivity index (χ4v) is 2.18. The van der Waals surface area contributed by atoms with Gasteiger partial charge < -0.3 is 10.1 Å². The van der Waals surface area contributed by atoms with E-state index in [9.17, 15) is 0 Å². The van der Waals surface area contributed by atoms with Crippen molar-refractivity contribution >= 4 is 11.3 Å². The van der Waals surface area contributed by atoms with Crippen LogP contribution in [0.1, 0.15) is 17.7 Å². The van der Waals surface area contributed by atoms with Gasteiger partial charge in [0.15, 0.2) is 0 Å². The number of nitrogens with one attached hydrogen (secondary N) is 1. The lowest BCUT2D eigenvalue weighted by atomic mass is 10.1. The Morgan fingerprint density at radius 2 is 2.31 bits per heavy atom. The zero-order valence-corrected chi connectivity index (χ0v) is 8.48. The molecule has 1 aromatic heterocycles. The van der Waals surface area contributed by atoms with E-state index in [0.717, 1.165) is 32.5 Å². The Balaban J connectivity index is 1.72. The Morgan fingerprint density at radius 1 is 1.46 bits per heavy atom. The summed E-state index contributed by atoms with van der Waals surface area (Å²) in [7, 11) is 0. The first-order valence-corrected chi connectivity index (χ1v) is 5.68. The van der Waals surface area contributed by atoms with Crippen LogP contribution in [0.4, 0.5) is 0 Å². The second-order valence-electron chi connectivity index (χ2n) is 3.34. The summed E-state index contributed by atoms with van der Waals surface area (Å²) in [5.41, 5.74) is 0. The van der Waals surface area contributed by atoms with Gasteiger partial charge in [-0.3, -0.25) is 0 Å². The van der Waals surface area contributed by atoms with Crippen molar-refractivity contribution in [2.45, 2.75) is 25.6 Å². The van der Waals surface area contributed by atoms with Crippen LogP contribution < -0.4 is 5.32 Å². The highest BCUT2D eigenvalue weighted by molar-refractivity contribution is 7.09. The molecule has 1 fully saturated rings. The van der Waals surface area contributed by atoms with Gasteiger partial charge in [0.2, 0.25) is 0 Å². The molecular weight excluding hydrogens is 182 g/mol. The molecule has 1 saturated heterocycles. The largest absolute Gasteiger partial charge is 0.373 e. The molecule has 1 N–H and O–H groups in total. The minimum absolute atomic E-state index is 0.475. The topological polar surface area (TPSA) is 21.3 Å². The maximum Gasteiger partial charge on any atom is 0.0813 e. The standard InChI is InChI=1S/C10H15NOS/c1-2-10(13-7-1)8-12-9-3-5-11-6-4-9/h1-2,7,9,11H,3-6,8H2. The van der Waals surface area contributed by atoms with E-state index >= 15 is 0 Å². The highest BCUT2D eigenvalue weighted by atomic mass is 32.1. The zero-order chi connectivity index (χ0) is 8.93. The fourth-order valence-electron chi connectivity index (χ4n) is 1.56. The lowest BCUT2D eigenvalue weighted by Gasteiger charge is -2.22. The average molecular weight is 197 g/mol. The van der Waals surface area contributed by atoms with Crippen LogP contribution in [0.3, 0.4) is 0 Å². The molecule has 3 heteroatoms. The molecular formula is C10H15NOS. The second kappa shape index (κ2) is 4.74. The van der Waals surface area contributed by atoms with Crippen molar-refractivity contribution < 1.29 is 4.74 Å². The van der Waals surface area contributed by atoms with Gasteiger partial charge in [0.1, 0.15) is 0 Å². The Bertz CT molecular complexity index is 229. The van der Waals surface area contributed by atoms with Crippen molar-refractivity contribution in [3.63, 3.8) is 0 Å². The van der Waals surface area contributed by atoms with Crippen LogP contribution in [0.15, 0.2) is 17.5 Å². The normalized spacial score (nSPS) is 19.1. The molecule has 13 heavy (non-hydrogen) atoms. The summed E-state index contributed by atoms with van der Waals surface area (Å²) < 4.78 is 5.80. The summed E-state index contributed by atoms with van der Waals surface area (Å²) in [5.74, 6) is 0. The predicted octanol–water partition coefficient (Wildman–Crippen LogP) is 2.02. The summed E-state index contributed by atoms with van der Waals surface area (Å²) >= 11 is 1.77. The molecule has 0 unspecified atom stereocenters. The van der Waals surface area contributed by atoms with Crippen LogP contribution >= 0.6 is 11.3 Å². The van der Waals surface area contributed by atoms with Crippen molar-refractivity contribution in [3.8, 4) is 0 Å². The van der Waals surface area contributed by atoms with Crippen molar-refractivity contribution in [3.05, 3.63) is 22.4 Å². The van der Waals surface area contributed by atoms with Gasteiger partial charge in [-0.25, -0.2) is 0 Å². The van der Waals surface area contributed by atoms with Gasteiger partial charge in [0, 0.05) is 4.88 Å². The van der Waals surface area contributed by atoms with Gasteiger partial charge in [-0.15, -0.1) is 11.3 Å². The Morgan fingerprint density at radius 3 is 3.00 bits per heavy atom. The monoisotopic (exact) mass is 197 g/mol. The van der Waals surface area contributed by atoms with Crippen LogP contribution in [0, 0.1) is 0 Å². The van der Waals surface area contributed by atoms with Gasteiger partial charge in [-0.2, -0.15) is 0 Å². The van der Waals surface area contributed by atoms with Gasteiger partial charge in [-0.05, 0) is 37.4 Å². The van der Waals surface area contributed by atoms with Crippen molar-refractivity contribution in [1.82, 2.24) is 5.32 Å². The van der Waals surface area contributed by atoms with Crippen molar-refractivity contribution in [2.75, 3.05) is 13.1 Å². The molecule has 1 aliphatic rings. The molecule has 0 radical (unpaired) electrons. The molecule has 1 aliphatic heterocycles. The first-order chi connectivity index (χ1) is 6.45. The van der Waals surface area contributed by atoms with Crippen LogP contribution in [-0.2, 0) is 11.3 Å². The molecule has 0 amide bonds.